The quantitative estimate of drug-likeness (QED) is 0.735. The highest BCUT2D eigenvalue weighted by Gasteiger charge is 2.31. The lowest BCUT2D eigenvalue weighted by Gasteiger charge is -2.38. The van der Waals surface area contributed by atoms with Crippen LogP contribution in [0.25, 0.3) is 0 Å². The van der Waals surface area contributed by atoms with Gasteiger partial charge < -0.3 is 24.3 Å². The molecule has 142 valence electrons. The van der Waals surface area contributed by atoms with Gasteiger partial charge in [0, 0.05) is 58.0 Å². The van der Waals surface area contributed by atoms with Gasteiger partial charge in [0.25, 0.3) is 0 Å². The summed E-state index contributed by atoms with van der Waals surface area (Å²) >= 11 is 0. The van der Waals surface area contributed by atoms with E-state index in [2.05, 4.69) is 16.7 Å². The van der Waals surface area contributed by atoms with E-state index in [1.165, 1.54) is 0 Å². The first-order chi connectivity index (χ1) is 12.6. The maximum absolute atomic E-state index is 12.6. The lowest BCUT2D eigenvalue weighted by molar-refractivity contribution is -0.153. The number of benzene rings is 1. The number of likely N-dealkylation sites (N-methyl/N-ethyl adjacent to an activating group) is 1. The fraction of sp³-hybridized carbons (Fsp3) is 0.579. The van der Waals surface area contributed by atoms with Crippen molar-refractivity contribution in [1.29, 1.82) is 0 Å². The van der Waals surface area contributed by atoms with Crippen molar-refractivity contribution in [3.63, 3.8) is 0 Å². The van der Waals surface area contributed by atoms with Crippen LogP contribution in [0, 0.1) is 0 Å². The van der Waals surface area contributed by atoms with Crippen molar-refractivity contribution < 1.29 is 14.3 Å². The number of carbonyl (C=O) groups is 2. The molecular formula is C19H28N4O3. The third-order valence-electron chi connectivity index (χ3n) is 5.29. The van der Waals surface area contributed by atoms with Gasteiger partial charge in [-0.15, -0.1) is 0 Å². The molecular weight excluding hydrogens is 332 g/mol. The zero-order valence-corrected chi connectivity index (χ0v) is 15.7. The fourth-order valence-corrected chi connectivity index (χ4v) is 3.50. The molecule has 1 aromatic carbocycles. The standard InChI is InChI=1S/C19H28N4O3/c1-3-20-8-10-22(11-9-20)18(24)19(25)23-14-12-21(13-15-23)16-4-6-17(26-2)7-5-16/h4-7H,3,8-15H2,1-2H3. The number of hydrogen-bond acceptors (Lipinski definition) is 5. The summed E-state index contributed by atoms with van der Waals surface area (Å²) in [7, 11) is 1.65. The molecule has 0 unspecified atom stereocenters. The summed E-state index contributed by atoms with van der Waals surface area (Å²) in [6.07, 6.45) is 0. The van der Waals surface area contributed by atoms with Crippen LogP contribution in [0.2, 0.25) is 0 Å². The fourth-order valence-electron chi connectivity index (χ4n) is 3.50. The van der Waals surface area contributed by atoms with Crippen LogP contribution in [0.4, 0.5) is 5.69 Å². The van der Waals surface area contributed by atoms with Crippen LogP contribution in [0.15, 0.2) is 24.3 Å². The molecule has 3 rings (SSSR count). The zero-order chi connectivity index (χ0) is 18.5. The predicted molar refractivity (Wildman–Crippen MR) is 100 cm³/mol. The molecule has 0 atom stereocenters. The highest BCUT2D eigenvalue weighted by Crippen LogP contribution is 2.20. The summed E-state index contributed by atoms with van der Waals surface area (Å²) in [6, 6.07) is 7.92. The Hall–Kier alpha value is -2.28. The number of nitrogens with zero attached hydrogens (tertiary/aromatic N) is 4. The summed E-state index contributed by atoms with van der Waals surface area (Å²) in [6.45, 7) is 8.70. The Morgan fingerprint density at radius 1 is 0.846 bits per heavy atom. The number of ether oxygens (including phenoxy) is 1. The van der Waals surface area contributed by atoms with Gasteiger partial charge >= 0.3 is 11.8 Å². The molecule has 2 aliphatic rings. The Morgan fingerprint density at radius 2 is 1.35 bits per heavy atom. The van der Waals surface area contributed by atoms with Crippen molar-refractivity contribution in [2.45, 2.75) is 6.92 Å². The van der Waals surface area contributed by atoms with Crippen LogP contribution in [-0.2, 0) is 9.59 Å². The van der Waals surface area contributed by atoms with Crippen molar-refractivity contribution in [1.82, 2.24) is 14.7 Å². The number of rotatable bonds is 3. The van der Waals surface area contributed by atoms with Gasteiger partial charge in [0.15, 0.2) is 0 Å². The molecule has 0 N–H and O–H groups in total. The Kier molecular flexibility index (Phi) is 5.98. The van der Waals surface area contributed by atoms with Gasteiger partial charge in [0.05, 0.1) is 7.11 Å². The SMILES string of the molecule is CCN1CCN(C(=O)C(=O)N2CCN(c3ccc(OC)cc3)CC2)CC1. The molecule has 2 amide bonds. The maximum atomic E-state index is 12.6. The zero-order valence-electron chi connectivity index (χ0n) is 15.7. The Balaban J connectivity index is 1.50. The van der Waals surface area contributed by atoms with Gasteiger partial charge in [-0.05, 0) is 30.8 Å². The largest absolute Gasteiger partial charge is 0.497 e. The lowest BCUT2D eigenvalue weighted by atomic mass is 10.2. The molecule has 26 heavy (non-hydrogen) atoms. The second-order valence-electron chi connectivity index (χ2n) is 6.70. The number of amides is 2. The molecule has 0 bridgehead atoms. The summed E-state index contributed by atoms with van der Waals surface area (Å²) in [5.74, 6) is 0.124. The first-order valence-corrected chi connectivity index (χ1v) is 9.32. The Bertz CT molecular complexity index is 618. The van der Waals surface area contributed by atoms with Gasteiger partial charge in [-0.3, -0.25) is 9.59 Å². The Labute approximate surface area is 155 Å². The number of piperazine rings is 2. The van der Waals surface area contributed by atoms with Crippen LogP contribution >= 0.6 is 0 Å². The molecule has 0 aliphatic carbocycles. The van der Waals surface area contributed by atoms with Crippen LogP contribution in [-0.4, -0.2) is 92.5 Å². The summed E-state index contributed by atoms with van der Waals surface area (Å²) in [5, 5.41) is 0. The second-order valence-corrected chi connectivity index (χ2v) is 6.70. The van der Waals surface area contributed by atoms with Gasteiger partial charge in [-0.1, -0.05) is 6.92 Å². The average molecular weight is 360 g/mol. The number of hydrogen-bond donors (Lipinski definition) is 0. The van der Waals surface area contributed by atoms with E-state index < -0.39 is 0 Å². The van der Waals surface area contributed by atoms with Gasteiger partial charge in [-0.2, -0.15) is 0 Å². The van der Waals surface area contributed by atoms with Crippen molar-refractivity contribution in [3.8, 4) is 5.75 Å². The van der Waals surface area contributed by atoms with E-state index in [1.54, 1.807) is 16.9 Å². The normalized spacial score (nSPS) is 18.8. The van der Waals surface area contributed by atoms with E-state index in [0.29, 0.717) is 26.2 Å². The van der Waals surface area contributed by atoms with Crippen LogP contribution in [0.1, 0.15) is 6.92 Å². The number of methoxy groups -OCH3 is 1. The van der Waals surface area contributed by atoms with Crippen LogP contribution in [0.3, 0.4) is 0 Å². The van der Waals surface area contributed by atoms with Crippen LogP contribution < -0.4 is 9.64 Å². The smallest absolute Gasteiger partial charge is 0.312 e. The highest BCUT2D eigenvalue weighted by molar-refractivity contribution is 6.35. The summed E-state index contributed by atoms with van der Waals surface area (Å²) in [4.78, 5) is 33.0. The van der Waals surface area contributed by atoms with E-state index in [4.69, 9.17) is 4.74 Å². The van der Waals surface area contributed by atoms with E-state index in [1.807, 2.05) is 24.3 Å². The second kappa shape index (κ2) is 8.40. The number of carbonyl (C=O) groups excluding carboxylic acids is 2. The van der Waals surface area contributed by atoms with E-state index in [9.17, 15) is 9.59 Å². The van der Waals surface area contributed by atoms with E-state index in [-0.39, 0.29) is 11.8 Å². The molecule has 0 aromatic heterocycles. The third-order valence-corrected chi connectivity index (χ3v) is 5.29. The minimum Gasteiger partial charge on any atom is -0.497 e. The van der Waals surface area contributed by atoms with E-state index >= 15 is 0 Å². The molecule has 0 radical (unpaired) electrons. The molecule has 1 aromatic rings. The monoisotopic (exact) mass is 360 g/mol. The average Bonchev–Trinajstić information content (AvgIpc) is 2.73. The van der Waals surface area contributed by atoms with Crippen molar-refractivity contribution in [2.24, 2.45) is 0 Å². The minimum atomic E-state index is -0.357. The topological polar surface area (TPSA) is 56.3 Å². The number of anilines is 1. The van der Waals surface area contributed by atoms with Gasteiger partial charge in [0.2, 0.25) is 0 Å². The van der Waals surface area contributed by atoms with Gasteiger partial charge in [0.1, 0.15) is 5.75 Å². The summed E-state index contributed by atoms with van der Waals surface area (Å²) in [5.41, 5.74) is 1.11. The molecule has 7 heteroatoms. The third kappa shape index (κ3) is 4.09. The molecule has 2 heterocycles. The predicted octanol–water partition coefficient (Wildman–Crippen LogP) is 0.508. The minimum absolute atomic E-state index is 0.348. The van der Waals surface area contributed by atoms with E-state index in [0.717, 1.165) is 44.2 Å². The van der Waals surface area contributed by atoms with Crippen LogP contribution in [0.5, 0.6) is 5.75 Å². The molecule has 2 saturated heterocycles. The maximum Gasteiger partial charge on any atom is 0.312 e. The molecule has 0 saturated carbocycles. The molecule has 0 spiro atoms. The molecule has 7 nitrogen and oxygen atoms in total. The molecule has 2 fully saturated rings. The van der Waals surface area contributed by atoms with Crippen molar-refractivity contribution in [3.05, 3.63) is 24.3 Å². The Morgan fingerprint density at radius 3 is 1.81 bits per heavy atom. The lowest BCUT2D eigenvalue weighted by Crippen LogP contribution is -2.56. The van der Waals surface area contributed by atoms with Crippen molar-refractivity contribution in [2.75, 3.05) is 70.9 Å². The van der Waals surface area contributed by atoms with Crippen molar-refractivity contribution >= 4 is 17.5 Å². The molecule has 2 aliphatic heterocycles. The van der Waals surface area contributed by atoms with Gasteiger partial charge in [-0.25, -0.2) is 0 Å². The first kappa shape index (κ1) is 18.5. The summed E-state index contributed by atoms with van der Waals surface area (Å²) < 4.78 is 5.19. The highest BCUT2D eigenvalue weighted by atomic mass is 16.5. The first-order valence-electron chi connectivity index (χ1n) is 9.32.